The number of carbonyl (C=O) groups excluding carboxylic acids is 2. The minimum Gasteiger partial charge on any atom is -0.447 e. The average molecular weight is 433 g/mol. The number of aryl methyl sites for hydroxylation is 2. The van der Waals surface area contributed by atoms with E-state index < -0.39 is 6.09 Å². The van der Waals surface area contributed by atoms with Gasteiger partial charge in [0.1, 0.15) is 12.4 Å². The molecule has 0 spiro atoms. The van der Waals surface area contributed by atoms with Crippen LogP contribution in [0.2, 0.25) is 0 Å². The van der Waals surface area contributed by atoms with Gasteiger partial charge in [0.15, 0.2) is 0 Å². The van der Waals surface area contributed by atoms with E-state index in [1.807, 2.05) is 20.0 Å². The van der Waals surface area contributed by atoms with E-state index in [0.717, 1.165) is 16.9 Å². The number of rotatable bonds is 3. The first-order valence-electron chi connectivity index (χ1n) is 9.69. The molecule has 4 heterocycles. The summed E-state index contributed by atoms with van der Waals surface area (Å²) in [6.45, 7) is 8.87. The van der Waals surface area contributed by atoms with E-state index in [4.69, 9.17) is 4.74 Å². The van der Waals surface area contributed by atoms with Gasteiger partial charge in [-0.1, -0.05) is 6.07 Å². The Morgan fingerprint density at radius 1 is 1.07 bits per heavy atom. The van der Waals surface area contributed by atoms with E-state index in [-0.39, 0.29) is 30.2 Å². The molecule has 30 heavy (non-hydrogen) atoms. The molecule has 2 aliphatic heterocycles. The van der Waals surface area contributed by atoms with Crippen LogP contribution in [-0.2, 0) is 4.74 Å². The summed E-state index contributed by atoms with van der Waals surface area (Å²) in [5, 5.41) is 0. The highest BCUT2D eigenvalue weighted by molar-refractivity contribution is 5.92. The SMILES string of the molecule is Cc1cnc(N2CCN(C(=O)c3ncc(N4C(=O)OCC4C)cn3)CC2)c(C)c1.Cl. The summed E-state index contributed by atoms with van der Waals surface area (Å²) in [5.41, 5.74) is 2.80. The summed E-state index contributed by atoms with van der Waals surface area (Å²) in [6.07, 6.45) is 4.45. The highest BCUT2D eigenvalue weighted by Crippen LogP contribution is 2.22. The molecule has 0 radical (unpaired) electrons. The lowest BCUT2D eigenvalue weighted by Gasteiger charge is -2.35. The van der Waals surface area contributed by atoms with Gasteiger partial charge in [-0.2, -0.15) is 0 Å². The number of carbonyl (C=O) groups is 2. The number of amides is 2. The first-order valence-corrected chi connectivity index (χ1v) is 9.69. The van der Waals surface area contributed by atoms with Crippen molar-refractivity contribution in [3.05, 3.63) is 41.6 Å². The Kier molecular flexibility index (Phi) is 6.40. The largest absolute Gasteiger partial charge is 0.447 e. The van der Waals surface area contributed by atoms with Gasteiger partial charge in [0, 0.05) is 32.4 Å². The molecule has 160 valence electrons. The minimum atomic E-state index is -0.420. The van der Waals surface area contributed by atoms with Gasteiger partial charge in [-0.25, -0.2) is 19.7 Å². The van der Waals surface area contributed by atoms with Crippen LogP contribution >= 0.6 is 12.4 Å². The fraction of sp³-hybridized carbons (Fsp3) is 0.450. The number of hydrogen-bond acceptors (Lipinski definition) is 7. The molecule has 0 aromatic carbocycles. The number of cyclic esters (lactones) is 1. The van der Waals surface area contributed by atoms with E-state index in [9.17, 15) is 9.59 Å². The van der Waals surface area contributed by atoms with Crippen LogP contribution in [0.3, 0.4) is 0 Å². The molecule has 0 N–H and O–H groups in total. The van der Waals surface area contributed by atoms with Gasteiger partial charge in [-0.05, 0) is 31.9 Å². The van der Waals surface area contributed by atoms with Crippen molar-refractivity contribution in [2.75, 3.05) is 42.6 Å². The Morgan fingerprint density at radius 2 is 1.73 bits per heavy atom. The van der Waals surface area contributed by atoms with Gasteiger partial charge < -0.3 is 14.5 Å². The third kappa shape index (κ3) is 4.16. The summed E-state index contributed by atoms with van der Waals surface area (Å²) in [7, 11) is 0. The average Bonchev–Trinajstić information content (AvgIpc) is 3.06. The Hall–Kier alpha value is -2.94. The Labute approximate surface area is 181 Å². The van der Waals surface area contributed by atoms with Gasteiger partial charge in [-0.15, -0.1) is 12.4 Å². The van der Waals surface area contributed by atoms with E-state index in [2.05, 4.69) is 32.8 Å². The molecule has 2 aliphatic rings. The van der Waals surface area contributed by atoms with Gasteiger partial charge in [-0.3, -0.25) is 9.69 Å². The van der Waals surface area contributed by atoms with E-state index in [0.29, 0.717) is 38.5 Å². The number of piperazine rings is 1. The lowest BCUT2D eigenvalue weighted by Crippen LogP contribution is -2.49. The molecule has 1 unspecified atom stereocenters. The third-order valence-electron chi connectivity index (χ3n) is 5.25. The fourth-order valence-electron chi connectivity index (χ4n) is 3.73. The van der Waals surface area contributed by atoms with Gasteiger partial charge in [0.2, 0.25) is 5.82 Å². The van der Waals surface area contributed by atoms with Crippen molar-refractivity contribution in [3.63, 3.8) is 0 Å². The van der Waals surface area contributed by atoms with Crippen molar-refractivity contribution >= 4 is 35.9 Å². The molecule has 2 fully saturated rings. The lowest BCUT2D eigenvalue weighted by atomic mass is 10.2. The second-order valence-electron chi connectivity index (χ2n) is 7.49. The lowest BCUT2D eigenvalue weighted by molar-refractivity contribution is 0.0734. The molecule has 2 amide bonds. The third-order valence-corrected chi connectivity index (χ3v) is 5.25. The normalized spacial score (nSPS) is 18.8. The number of aromatic nitrogens is 3. The van der Waals surface area contributed by atoms with Crippen molar-refractivity contribution in [1.82, 2.24) is 19.9 Å². The van der Waals surface area contributed by atoms with Crippen LogP contribution < -0.4 is 9.80 Å². The van der Waals surface area contributed by atoms with Crippen LogP contribution in [0.25, 0.3) is 0 Å². The first-order chi connectivity index (χ1) is 13.9. The molecule has 2 saturated heterocycles. The summed E-state index contributed by atoms with van der Waals surface area (Å²) < 4.78 is 5.01. The smallest absolute Gasteiger partial charge is 0.414 e. The number of nitrogens with zero attached hydrogens (tertiary/aromatic N) is 6. The zero-order valence-corrected chi connectivity index (χ0v) is 18.1. The van der Waals surface area contributed by atoms with Gasteiger partial charge in [0.25, 0.3) is 5.91 Å². The van der Waals surface area contributed by atoms with Crippen molar-refractivity contribution in [2.45, 2.75) is 26.8 Å². The van der Waals surface area contributed by atoms with Crippen molar-refractivity contribution in [3.8, 4) is 0 Å². The van der Waals surface area contributed by atoms with Crippen molar-refractivity contribution in [2.24, 2.45) is 0 Å². The number of ether oxygens (including phenoxy) is 1. The number of halogens is 1. The summed E-state index contributed by atoms with van der Waals surface area (Å²) in [5.74, 6) is 0.892. The highest BCUT2D eigenvalue weighted by atomic mass is 35.5. The number of hydrogen-bond donors (Lipinski definition) is 0. The molecular formula is C20H25ClN6O3. The molecule has 2 aromatic rings. The monoisotopic (exact) mass is 432 g/mol. The maximum Gasteiger partial charge on any atom is 0.414 e. The van der Waals surface area contributed by atoms with Crippen LogP contribution in [-0.4, -0.2) is 70.7 Å². The predicted molar refractivity (Wildman–Crippen MR) is 114 cm³/mol. The predicted octanol–water partition coefficient (Wildman–Crippen LogP) is 2.22. The van der Waals surface area contributed by atoms with Crippen LogP contribution in [0.4, 0.5) is 16.3 Å². The maximum absolute atomic E-state index is 12.8. The van der Waals surface area contributed by atoms with Gasteiger partial charge in [0.05, 0.1) is 24.1 Å². The van der Waals surface area contributed by atoms with E-state index in [1.165, 1.54) is 17.3 Å². The second-order valence-corrected chi connectivity index (χ2v) is 7.49. The Bertz CT molecular complexity index is 931. The molecular weight excluding hydrogens is 408 g/mol. The molecule has 9 nitrogen and oxygen atoms in total. The summed E-state index contributed by atoms with van der Waals surface area (Å²) in [4.78, 5) is 42.9. The number of pyridine rings is 1. The maximum atomic E-state index is 12.8. The summed E-state index contributed by atoms with van der Waals surface area (Å²) >= 11 is 0. The number of anilines is 2. The van der Waals surface area contributed by atoms with Crippen molar-refractivity contribution in [1.29, 1.82) is 0 Å². The zero-order chi connectivity index (χ0) is 20.5. The molecule has 10 heteroatoms. The van der Waals surface area contributed by atoms with Crippen LogP contribution in [0.5, 0.6) is 0 Å². The Balaban J connectivity index is 0.00000256. The van der Waals surface area contributed by atoms with Crippen molar-refractivity contribution < 1.29 is 14.3 Å². The topological polar surface area (TPSA) is 91.8 Å². The highest BCUT2D eigenvalue weighted by Gasteiger charge is 2.32. The first kappa shape index (κ1) is 21.8. The zero-order valence-electron chi connectivity index (χ0n) is 17.2. The van der Waals surface area contributed by atoms with E-state index in [1.54, 1.807) is 4.90 Å². The summed E-state index contributed by atoms with van der Waals surface area (Å²) in [6, 6.07) is 2.03. The molecule has 0 saturated carbocycles. The minimum absolute atomic E-state index is 0. The standard InChI is InChI=1S/C20H24N6O3.ClH/c1-13-8-14(2)18(23-9-13)24-4-6-25(7-5-24)19(27)17-21-10-16(11-22-17)26-15(3)12-29-20(26)28;/h8-11,15H,4-7,12H2,1-3H3;1H. The molecule has 2 aromatic heterocycles. The van der Waals surface area contributed by atoms with E-state index >= 15 is 0 Å². The Morgan fingerprint density at radius 3 is 2.30 bits per heavy atom. The molecule has 0 aliphatic carbocycles. The molecule has 1 atom stereocenters. The quantitative estimate of drug-likeness (QED) is 0.734. The molecule has 4 rings (SSSR count). The fourth-order valence-corrected chi connectivity index (χ4v) is 3.73. The second kappa shape index (κ2) is 8.83. The van der Waals surface area contributed by atoms with Crippen LogP contribution in [0.15, 0.2) is 24.7 Å². The molecule has 0 bridgehead atoms. The van der Waals surface area contributed by atoms with Crippen LogP contribution in [0, 0.1) is 13.8 Å². The van der Waals surface area contributed by atoms with Gasteiger partial charge >= 0.3 is 6.09 Å². The van der Waals surface area contributed by atoms with Crippen LogP contribution in [0.1, 0.15) is 28.7 Å².